The first-order valence-corrected chi connectivity index (χ1v) is 5.75. The summed E-state index contributed by atoms with van der Waals surface area (Å²) in [6.45, 7) is 6.04. The molecule has 0 amide bonds. The van der Waals surface area contributed by atoms with Crippen LogP contribution >= 0.6 is 0 Å². The summed E-state index contributed by atoms with van der Waals surface area (Å²) >= 11 is 0. The van der Waals surface area contributed by atoms with Crippen molar-refractivity contribution in [3.05, 3.63) is 64.5 Å². The van der Waals surface area contributed by atoms with Crippen LogP contribution in [0.15, 0.2) is 36.7 Å². The van der Waals surface area contributed by atoms with Gasteiger partial charge in [0, 0.05) is 18.0 Å². The minimum Gasteiger partial charge on any atom is -0.384 e. The van der Waals surface area contributed by atoms with Gasteiger partial charge < -0.3 is 5.11 Å². The molecule has 0 radical (unpaired) electrons. The number of aliphatic hydroxyl groups excluding tert-OH is 1. The van der Waals surface area contributed by atoms with Crippen molar-refractivity contribution >= 4 is 0 Å². The molecule has 0 aliphatic rings. The van der Waals surface area contributed by atoms with E-state index < -0.39 is 6.10 Å². The van der Waals surface area contributed by atoms with Gasteiger partial charge >= 0.3 is 0 Å². The number of benzene rings is 1. The Balaban J connectivity index is 2.47. The number of nitrogens with zero attached hydrogens (tertiary/aromatic N) is 1. The summed E-state index contributed by atoms with van der Waals surface area (Å²) < 4.78 is 0. The Kier molecular flexibility index (Phi) is 3.25. The van der Waals surface area contributed by atoms with Gasteiger partial charge in [-0.1, -0.05) is 23.8 Å². The summed E-state index contributed by atoms with van der Waals surface area (Å²) in [5, 5.41) is 10.4. The van der Waals surface area contributed by atoms with Crippen LogP contribution in [0.5, 0.6) is 0 Å². The lowest BCUT2D eigenvalue weighted by molar-refractivity contribution is 0.218. The van der Waals surface area contributed by atoms with Gasteiger partial charge in [-0.2, -0.15) is 0 Å². The first-order chi connectivity index (χ1) is 8.09. The Labute approximate surface area is 102 Å². The predicted octanol–water partition coefficient (Wildman–Crippen LogP) is 3.09. The molecule has 2 aromatic rings. The second kappa shape index (κ2) is 4.68. The largest absolute Gasteiger partial charge is 0.384 e. The molecule has 88 valence electrons. The normalized spacial score (nSPS) is 12.5. The number of aryl methyl sites for hydroxylation is 3. The fourth-order valence-electron chi connectivity index (χ4n) is 1.98. The average molecular weight is 227 g/mol. The van der Waals surface area contributed by atoms with E-state index >= 15 is 0 Å². The first kappa shape index (κ1) is 11.8. The van der Waals surface area contributed by atoms with Crippen LogP contribution in [0.1, 0.15) is 33.9 Å². The number of hydrogen-bond donors (Lipinski definition) is 1. The van der Waals surface area contributed by atoms with Crippen molar-refractivity contribution in [2.24, 2.45) is 0 Å². The van der Waals surface area contributed by atoms with Crippen molar-refractivity contribution in [2.75, 3.05) is 0 Å². The molecule has 1 atom stereocenters. The Morgan fingerprint density at radius 3 is 2.41 bits per heavy atom. The molecular weight excluding hydrogens is 210 g/mol. The van der Waals surface area contributed by atoms with Crippen LogP contribution in [-0.4, -0.2) is 10.1 Å². The molecule has 2 heteroatoms. The van der Waals surface area contributed by atoms with E-state index in [1.165, 1.54) is 0 Å². The molecule has 2 nitrogen and oxygen atoms in total. The lowest BCUT2D eigenvalue weighted by Crippen LogP contribution is -2.04. The molecule has 0 aliphatic carbocycles. The van der Waals surface area contributed by atoms with Gasteiger partial charge in [0.2, 0.25) is 0 Å². The van der Waals surface area contributed by atoms with E-state index in [9.17, 15) is 5.11 Å². The first-order valence-electron chi connectivity index (χ1n) is 5.75. The molecule has 0 saturated carbocycles. The van der Waals surface area contributed by atoms with Crippen molar-refractivity contribution in [1.29, 1.82) is 0 Å². The predicted molar refractivity (Wildman–Crippen MR) is 69.0 cm³/mol. The third-order valence-electron chi connectivity index (χ3n) is 3.10. The Morgan fingerprint density at radius 2 is 1.71 bits per heavy atom. The smallest absolute Gasteiger partial charge is 0.106 e. The van der Waals surface area contributed by atoms with Gasteiger partial charge in [0.05, 0.1) is 0 Å². The van der Waals surface area contributed by atoms with E-state index in [0.717, 1.165) is 27.8 Å². The number of hydrogen-bond acceptors (Lipinski definition) is 2. The van der Waals surface area contributed by atoms with E-state index in [4.69, 9.17) is 0 Å². The monoisotopic (exact) mass is 227 g/mol. The highest BCUT2D eigenvalue weighted by atomic mass is 16.3. The third kappa shape index (κ3) is 2.37. The fraction of sp³-hybridized carbons (Fsp3) is 0.267. The van der Waals surface area contributed by atoms with Gasteiger partial charge in [-0.15, -0.1) is 0 Å². The second-order valence-corrected chi connectivity index (χ2v) is 4.49. The molecule has 1 aromatic carbocycles. The van der Waals surface area contributed by atoms with Crippen LogP contribution in [0.25, 0.3) is 0 Å². The summed E-state index contributed by atoms with van der Waals surface area (Å²) in [4.78, 5) is 4.08. The van der Waals surface area contributed by atoms with Crippen LogP contribution in [0.3, 0.4) is 0 Å². The summed E-state index contributed by atoms with van der Waals surface area (Å²) in [5.74, 6) is 0. The van der Waals surface area contributed by atoms with Crippen LogP contribution in [0.4, 0.5) is 0 Å². The molecule has 17 heavy (non-hydrogen) atoms. The molecule has 0 bridgehead atoms. The summed E-state index contributed by atoms with van der Waals surface area (Å²) in [6, 6.07) is 8.05. The molecule has 0 fully saturated rings. The van der Waals surface area contributed by atoms with Gasteiger partial charge in [0.1, 0.15) is 6.10 Å². The molecule has 1 unspecified atom stereocenters. The number of aliphatic hydroxyl groups is 1. The number of pyridine rings is 1. The van der Waals surface area contributed by atoms with E-state index in [0.29, 0.717) is 0 Å². The van der Waals surface area contributed by atoms with Crippen molar-refractivity contribution < 1.29 is 5.11 Å². The van der Waals surface area contributed by atoms with Crippen LogP contribution < -0.4 is 0 Å². The Bertz CT molecular complexity index is 534. The third-order valence-corrected chi connectivity index (χ3v) is 3.10. The van der Waals surface area contributed by atoms with Gasteiger partial charge in [-0.3, -0.25) is 4.98 Å². The fourth-order valence-corrected chi connectivity index (χ4v) is 1.98. The summed E-state index contributed by atoms with van der Waals surface area (Å²) in [7, 11) is 0. The van der Waals surface area contributed by atoms with E-state index in [-0.39, 0.29) is 0 Å². The van der Waals surface area contributed by atoms with Crippen LogP contribution in [-0.2, 0) is 0 Å². The second-order valence-electron chi connectivity index (χ2n) is 4.49. The zero-order valence-corrected chi connectivity index (χ0v) is 10.4. The van der Waals surface area contributed by atoms with Crippen molar-refractivity contribution in [2.45, 2.75) is 26.9 Å². The van der Waals surface area contributed by atoms with E-state index in [2.05, 4.69) is 11.1 Å². The molecule has 1 N–H and O–H groups in total. The SMILES string of the molecule is Cc1ccc(C)c(C(O)c2cnccc2C)c1. The molecule has 0 saturated heterocycles. The summed E-state index contributed by atoms with van der Waals surface area (Å²) in [5.41, 5.74) is 5.16. The lowest BCUT2D eigenvalue weighted by Gasteiger charge is -2.16. The molecule has 1 aromatic heterocycles. The van der Waals surface area contributed by atoms with Crippen molar-refractivity contribution in [3.8, 4) is 0 Å². The maximum atomic E-state index is 10.4. The van der Waals surface area contributed by atoms with Crippen LogP contribution in [0.2, 0.25) is 0 Å². The van der Waals surface area contributed by atoms with Gasteiger partial charge in [0.25, 0.3) is 0 Å². The molecule has 0 aliphatic heterocycles. The van der Waals surface area contributed by atoms with Crippen molar-refractivity contribution in [3.63, 3.8) is 0 Å². The summed E-state index contributed by atoms with van der Waals surface area (Å²) in [6.07, 6.45) is 2.89. The maximum Gasteiger partial charge on any atom is 0.106 e. The number of aromatic nitrogens is 1. The molecular formula is C15H17NO. The van der Waals surface area contributed by atoms with Gasteiger partial charge in [-0.05, 0) is 43.5 Å². The minimum absolute atomic E-state index is 0.594. The number of rotatable bonds is 2. The molecule has 2 rings (SSSR count). The molecule has 0 spiro atoms. The highest BCUT2D eigenvalue weighted by molar-refractivity contribution is 5.39. The highest BCUT2D eigenvalue weighted by Crippen LogP contribution is 2.27. The molecule has 1 heterocycles. The van der Waals surface area contributed by atoms with E-state index in [1.807, 2.05) is 39.0 Å². The van der Waals surface area contributed by atoms with Crippen molar-refractivity contribution in [1.82, 2.24) is 4.98 Å². The van der Waals surface area contributed by atoms with E-state index in [1.54, 1.807) is 12.4 Å². The zero-order valence-electron chi connectivity index (χ0n) is 10.4. The quantitative estimate of drug-likeness (QED) is 0.855. The standard InChI is InChI=1S/C15H17NO/c1-10-4-5-11(2)13(8-10)15(17)14-9-16-7-6-12(14)3/h4-9,15,17H,1-3H3. The highest BCUT2D eigenvalue weighted by Gasteiger charge is 2.15. The van der Waals surface area contributed by atoms with Crippen LogP contribution in [0, 0.1) is 20.8 Å². The topological polar surface area (TPSA) is 33.1 Å². The maximum absolute atomic E-state index is 10.4. The lowest BCUT2D eigenvalue weighted by atomic mass is 9.95. The average Bonchev–Trinajstić information content (AvgIpc) is 2.32. The zero-order chi connectivity index (χ0) is 12.4. The minimum atomic E-state index is -0.594. The Hall–Kier alpha value is -1.67. The Morgan fingerprint density at radius 1 is 1.00 bits per heavy atom. The van der Waals surface area contributed by atoms with Gasteiger partial charge in [0.15, 0.2) is 0 Å². The van der Waals surface area contributed by atoms with Gasteiger partial charge in [-0.25, -0.2) is 0 Å².